The van der Waals surface area contributed by atoms with Crippen LogP contribution in [0.1, 0.15) is 45.2 Å². The minimum atomic E-state index is -2.98. The van der Waals surface area contributed by atoms with Crippen LogP contribution in [0.15, 0.2) is 297 Å². The molecule has 18 rings (SSSR count). The molecule has 15 aromatic rings. The van der Waals surface area contributed by atoms with Crippen LogP contribution >= 0.6 is 0 Å². The second-order valence-corrected chi connectivity index (χ2v) is 25.9. The van der Waals surface area contributed by atoms with E-state index in [-0.39, 0.29) is 11.8 Å². The van der Waals surface area contributed by atoms with Crippen molar-refractivity contribution in [3.05, 3.63) is 331 Å². The van der Waals surface area contributed by atoms with Crippen molar-refractivity contribution >= 4 is 72.4 Å². The van der Waals surface area contributed by atoms with Crippen molar-refractivity contribution in [2.24, 2.45) is 0 Å². The van der Waals surface area contributed by atoms with Gasteiger partial charge in [-0.05, 0) is 108 Å². The third kappa shape index (κ3) is 7.03. The monoisotopic (exact) mass is 1070 g/mol. The SMILES string of the molecule is c1ccc([Si](c2ccccc2)(c2ccccc2)c2cccc3c2C2c4ccccc4C3c3cccc(-c4cccc(-c5nc(-c6ccccc6-n6c7ccccc7c7ccccc76)nc(-n6c7ccccc7c7ccccc76)n5)c4)c32)cc1. The smallest absolute Gasteiger partial charge is 0.238 e. The van der Waals surface area contributed by atoms with Gasteiger partial charge in [0.2, 0.25) is 5.95 Å². The zero-order chi connectivity index (χ0) is 54.6. The lowest BCUT2D eigenvalue weighted by Gasteiger charge is -2.47. The zero-order valence-electron chi connectivity index (χ0n) is 45.2. The van der Waals surface area contributed by atoms with E-state index in [2.05, 4.69) is 306 Å². The van der Waals surface area contributed by atoms with Crippen molar-refractivity contribution in [3.63, 3.8) is 0 Å². The van der Waals surface area contributed by atoms with Gasteiger partial charge in [-0.2, -0.15) is 9.97 Å². The molecule has 3 heterocycles. The van der Waals surface area contributed by atoms with Crippen molar-refractivity contribution in [2.45, 2.75) is 11.8 Å². The molecule has 0 spiro atoms. The Morgan fingerprint density at radius 2 is 0.711 bits per heavy atom. The van der Waals surface area contributed by atoms with Crippen molar-refractivity contribution in [2.75, 3.05) is 0 Å². The number of benzene rings is 12. The largest absolute Gasteiger partial charge is 0.309 e. The number of hydrogen-bond acceptors (Lipinski definition) is 3. The first kappa shape index (κ1) is 47.3. The molecule has 5 nitrogen and oxygen atoms in total. The molecule has 0 amide bonds. The Morgan fingerprint density at radius 1 is 0.289 bits per heavy atom. The summed E-state index contributed by atoms with van der Waals surface area (Å²) in [6.45, 7) is 0. The maximum Gasteiger partial charge on any atom is 0.238 e. The van der Waals surface area contributed by atoms with Gasteiger partial charge < -0.3 is 4.57 Å². The molecule has 0 aliphatic heterocycles. The predicted octanol–water partition coefficient (Wildman–Crippen LogP) is 15.4. The van der Waals surface area contributed by atoms with Crippen molar-refractivity contribution in [1.82, 2.24) is 24.1 Å². The van der Waals surface area contributed by atoms with Crippen LogP contribution in [0.3, 0.4) is 0 Å². The van der Waals surface area contributed by atoms with Gasteiger partial charge in [0.05, 0.1) is 27.8 Å². The first-order chi connectivity index (χ1) is 41.2. The average Bonchev–Trinajstić information content (AvgIpc) is 1.62. The maximum absolute atomic E-state index is 5.58. The molecular weight excluding hydrogens is 1020 g/mol. The number of para-hydroxylation sites is 5. The first-order valence-electron chi connectivity index (χ1n) is 28.7. The third-order valence-corrected chi connectivity index (χ3v) is 22.8. The van der Waals surface area contributed by atoms with Gasteiger partial charge in [-0.3, -0.25) is 4.57 Å². The molecule has 0 radical (unpaired) electrons. The number of fused-ring (bicyclic) bond motifs is 6. The number of hydrogen-bond donors (Lipinski definition) is 0. The van der Waals surface area contributed by atoms with E-state index in [9.17, 15) is 0 Å². The molecule has 12 aromatic carbocycles. The van der Waals surface area contributed by atoms with Gasteiger partial charge in [0.25, 0.3) is 0 Å². The lowest BCUT2D eigenvalue weighted by atomic mass is 9.60. The molecule has 3 aromatic heterocycles. The fraction of sp³-hybridized carbons (Fsp3) is 0.0260. The Hall–Kier alpha value is -10.5. The van der Waals surface area contributed by atoms with Crippen LogP contribution in [0, 0.1) is 0 Å². The lowest BCUT2D eigenvalue weighted by Crippen LogP contribution is -2.75. The van der Waals surface area contributed by atoms with Gasteiger partial charge >= 0.3 is 0 Å². The lowest BCUT2D eigenvalue weighted by molar-refractivity contribution is 0.760. The van der Waals surface area contributed by atoms with Crippen molar-refractivity contribution in [1.29, 1.82) is 0 Å². The molecular formula is C77H51N5Si. The van der Waals surface area contributed by atoms with E-state index < -0.39 is 8.07 Å². The van der Waals surface area contributed by atoms with E-state index in [0.29, 0.717) is 17.6 Å². The van der Waals surface area contributed by atoms with Gasteiger partial charge in [0.15, 0.2) is 19.7 Å². The topological polar surface area (TPSA) is 48.5 Å². The summed E-state index contributed by atoms with van der Waals surface area (Å²) in [5, 5.41) is 10.2. The van der Waals surface area contributed by atoms with Crippen LogP contribution in [-0.2, 0) is 0 Å². The maximum atomic E-state index is 5.58. The third-order valence-electron chi connectivity index (χ3n) is 17.9. The van der Waals surface area contributed by atoms with E-state index in [0.717, 1.165) is 55.2 Å². The van der Waals surface area contributed by atoms with Gasteiger partial charge in [-0.1, -0.05) is 255 Å². The Bertz CT molecular complexity index is 4860. The summed E-state index contributed by atoms with van der Waals surface area (Å²) in [5.74, 6) is 1.76. The van der Waals surface area contributed by atoms with E-state index in [4.69, 9.17) is 15.0 Å². The second kappa shape index (κ2) is 18.8. The molecule has 0 saturated carbocycles. The zero-order valence-corrected chi connectivity index (χ0v) is 46.2. The first-order valence-corrected chi connectivity index (χ1v) is 30.7. The quantitative estimate of drug-likeness (QED) is 0.107. The highest BCUT2D eigenvalue weighted by Crippen LogP contribution is 2.58. The molecule has 2 unspecified atom stereocenters. The minimum Gasteiger partial charge on any atom is -0.309 e. The highest BCUT2D eigenvalue weighted by molar-refractivity contribution is 7.20. The Labute approximate surface area is 481 Å². The Balaban J connectivity index is 0.891. The normalized spacial score (nSPS) is 14.3. The Morgan fingerprint density at radius 3 is 1.30 bits per heavy atom. The molecule has 2 atom stereocenters. The van der Waals surface area contributed by atoms with E-state index in [1.807, 2.05) is 0 Å². The summed E-state index contributed by atoms with van der Waals surface area (Å²) in [6.07, 6.45) is 0. The van der Waals surface area contributed by atoms with Gasteiger partial charge in [0.1, 0.15) is 0 Å². The molecule has 3 aliphatic rings. The highest BCUT2D eigenvalue weighted by atomic mass is 28.3. The average molecular weight is 1070 g/mol. The van der Waals surface area contributed by atoms with Crippen molar-refractivity contribution in [3.8, 4) is 45.5 Å². The molecule has 3 aliphatic carbocycles. The predicted molar refractivity (Wildman–Crippen MR) is 343 cm³/mol. The molecule has 6 heteroatoms. The summed E-state index contributed by atoms with van der Waals surface area (Å²) >= 11 is 0. The van der Waals surface area contributed by atoms with Crippen LogP contribution in [-0.4, -0.2) is 32.2 Å². The minimum absolute atomic E-state index is 0.0386. The summed E-state index contributed by atoms with van der Waals surface area (Å²) in [7, 11) is -2.98. The fourth-order valence-electron chi connectivity index (χ4n) is 14.6. The van der Waals surface area contributed by atoms with Crippen LogP contribution in [0.25, 0.3) is 89.2 Å². The molecule has 0 saturated heterocycles. The molecule has 0 N–H and O–H groups in total. The van der Waals surface area contributed by atoms with Gasteiger partial charge in [-0.25, -0.2) is 4.98 Å². The summed E-state index contributed by atoms with van der Waals surface area (Å²) < 4.78 is 4.58. The Kier molecular flexibility index (Phi) is 10.7. The van der Waals surface area contributed by atoms with E-state index in [1.54, 1.807) is 0 Å². The van der Waals surface area contributed by atoms with E-state index in [1.165, 1.54) is 70.5 Å². The molecule has 83 heavy (non-hydrogen) atoms. The number of nitrogens with zero attached hydrogens (tertiary/aromatic N) is 5. The fourth-order valence-corrected chi connectivity index (χ4v) is 19.7. The van der Waals surface area contributed by atoms with Crippen LogP contribution in [0.5, 0.6) is 0 Å². The van der Waals surface area contributed by atoms with Gasteiger partial charge in [-0.15, -0.1) is 0 Å². The standard InChI is InChI=1S/C77H51N5Si/c1-4-27-52(28-5-1)83(53-29-6-2-7-30-53,54-31-8-3-9-32-54)70-48-24-42-64-71-60-37-10-11-38-61(60)74(73(64)70)72-55(40-23-41-63(71)72)50-25-22-26-51(49-50)75-78-76(80-77(79-75)82-67-45-19-14-35-58(67)59-36-15-20-46-68(59)82)62-39-16-21-47-69(62)81-65-43-17-12-33-56(65)57-34-13-18-44-66(57)81/h1-49,71,74H. The molecule has 2 bridgehead atoms. The second-order valence-electron chi connectivity index (χ2n) is 22.1. The summed E-state index contributed by atoms with van der Waals surface area (Å²) in [5.41, 5.74) is 17.8. The molecule has 388 valence electrons. The van der Waals surface area contributed by atoms with E-state index >= 15 is 0 Å². The highest BCUT2D eigenvalue weighted by Gasteiger charge is 2.49. The number of rotatable bonds is 9. The molecule has 0 fully saturated rings. The van der Waals surface area contributed by atoms with Crippen LogP contribution in [0.4, 0.5) is 0 Å². The summed E-state index contributed by atoms with van der Waals surface area (Å²) in [4.78, 5) is 16.7. The summed E-state index contributed by atoms with van der Waals surface area (Å²) in [6, 6.07) is 110. The van der Waals surface area contributed by atoms with Crippen LogP contribution in [0.2, 0.25) is 0 Å². The van der Waals surface area contributed by atoms with Crippen molar-refractivity contribution < 1.29 is 0 Å². The number of aromatic nitrogens is 5. The van der Waals surface area contributed by atoms with Crippen LogP contribution < -0.4 is 20.7 Å². The van der Waals surface area contributed by atoms with Gasteiger partial charge in [0, 0.05) is 44.5 Å².